The Morgan fingerprint density at radius 2 is 1.87 bits per heavy atom. The van der Waals surface area contributed by atoms with Crippen molar-refractivity contribution in [2.45, 2.75) is 13.3 Å². The molecule has 0 unspecified atom stereocenters. The lowest BCUT2D eigenvalue weighted by Gasteiger charge is -2.03. The molecule has 1 N–H and O–H groups in total. The minimum Gasteiger partial charge on any atom is -0.411 e. The van der Waals surface area contributed by atoms with Crippen LogP contribution in [0.15, 0.2) is 47.6 Å². The lowest BCUT2D eigenvalue weighted by Crippen LogP contribution is -1.98. The standard InChI is InChI=1S/C13H13NO/c1-2-13(14-15)12-8-7-10-5-3-4-6-11(10)9-12/h3-9,15H,2H2,1H3. The number of benzene rings is 2. The maximum atomic E-state index is 8.84. The summed E-state index contributed by atoms with van der Waals surface area (Å²) >= 11 is 0. The topological polar surface area (TPSA) is 32.6 Å². The molecule has 2 rings (SSSR count). The van der Waals surface area contributed by atoms with Gasteiger partial charge in [0.25, 0.3) is 0 Å². The van der Waals surface area contributed by atoms with Crippen LogP contribution in [-0.4, -0.2) is 10.9 Å². The normalized spacial score (nSPS) is 11.9. The highest BCUT2D eigenvalue weighted by Crippen LogP contribution is 2.16. The number of rotatable bonds is 2. The molecule has 0 atom stereocenters. The van der Waals surface area contributed by atoms with Gasteiger partial charge in [-0.2, -0.15) is 0 Å². The third kappa shape index (κ3) is 1.84. The van der Waals surface area contributed by atoms with Gasteiger partial charge in [0.05, 0.1) is 5.71 Å². The smallest absolute Gasteiger partial charge is 0.0865 e. The summed E-state index contributed by atoms with van der Waals surface area (Å²) in [7, 11) is 0. The lowest BCUT2D eigenvalue weighted by molar-refractivity contribution is 0.318. The Kier molecular flexibility index (Phi) is 2.68. The zero-order valence-corrected chi connectivity index (χ0v) is 8.64. The molecule has 2 aromatic rings. The van der Waals surface area contributed by atoms with Crippen LogP contribution in [0.1, 0.15) is 18.9 Å². The third-order valence-corrected chi connectivity index (χ3v) is 2.54. The summed E-state index contributed by atoms with van der Waals surface area (Å²) in [6, 6.07) is 14.2. The molecule has 2 nitrogen and oxygen atoms in total. The molecule has 0 saturated heterocycles. The van der Waals surface area contributed by atoms with Gasteiger partial charge in [-0.3, -0.25) is 0 Å². The van der Waals surface area contributed by atoms with Crippen molar-refractivity contribution in [1.82, 2.24) is 0 Å². The maximum Gasteiger partial charge on any atom is 0.0865 e. The highest BCUT2D eigenvalue weighted by atomic mass is 16.4. The Hall–Kier alpha value is -1.83. The number of fused-ring (bicyclic) bond motifs is 1. The van der Waals surface area contributed by atoms with E-state index in [9.17, 15) is 0 Å². The molecular formula is C13H13NO. The summed E-state index contributed by atoms with van der Waals surface area (Å²) < 4.78 is 0. The first-order valence-electron chi connectivity index (χ1n) is 5.05. The van der Waals surface area contributed by atoms with Crippen LogP contribution in [-0.2, 0) is 0 Å². The van der Waals surface area contributed by atoms with Crippen molar-refractivity contribution in [1.29, 1.82) is 0 Å². The Morgan fingerprint density at radius 1 is 1.13 bits per heavy atom. The van der Waals surface area contributed by atoms with Gasteiger partial charge in [-0.15, -0.1) is 0 Å². The van der Waals surface area contributed by atoms with Gasteiger partial charge in [0.2, 0.25) is 0 Å². The zero-order chi connectivity index (χ0) is 10.7. The second kappa shape index (κ2) is 4.13. The minimum absolute atomic E-state index is 0.723. The van der Waals surface area contributed by atoms with Crippen LogP contribution in [0, 0.1) is 0 Å². The second-order valence-corrected chi connectivity index (χ2v) is 3.46. The molecule has 76 valence electrons. The van der Waals surface area contributed by atoms with Crippen molar-refractivity contribution in [2.24, 2.45) is 5.16 Å². The molecule has 0 aliphatic heterocycles. The Bertz CT molecular complexity index is 503. The van der Waals surface area contributed by atoms with Crippen molar-refractivity contribution in [3.63, 3.8) is 0 Å². The van der Waals surface area contributed by atoms with E-state index in [4.69, 9.17) is 5.21 Å². The van der Waals surface area contributed by atoms with E-state index >= 15 is 0 Å². The zero-order valence-electron chi connectivity index (χ0n) is 8.64. The molecule has 0 aliphatic rings. The monoisotopic (exact) mass is 199 g/mol. The van der Waals surface area contributed by atoms with Crippen LogP contribution in [0.25, 0.3) is 10.8 Å². The van der Waals surface area contributed by atoms with Crippen LogP contribution in [0.4, 0.5) is 0 Å². The number of hydrogen-bond donors (Lipinski definition) is 1. The molecule has 0 fully saturated rings. The molecule has 0 radical (unpaired) electrons. The van der Waals surface area contributed by atoms with Crippen LogP contribution >= 0.6 is 0 Å². The van der Waals surface area contributed by atoms with Crippen molar-refractivity contribution >= 4 is 16.5 Å². The fourth-order valence-corrected chi connectivity index (χ4v) is 1.70. The van der Waals surface area contributed by atoms with E-state index in [0.717, 1.165) is 17.7 Å². The maximum absolute atomic E-state index is 8.84. The van der Waals surface area contributed by atoms with Crippen molar-refractivity contribution in [3.05, 3.63) is 48.0 Å². The van der Waals surface area contributed by atoms with Gasteiger partial charge in [0, 0.05) is 0 Å². The highest BCUT2D eigenvalue weighted by Gasteiger charge is 2.02. The summed E-state index contributed by atoms with van der Waals surface area (Å²) in [6.45, 7) is 1.98. The summed E-state index contributed by atoms with van der Waals surface area (Å²) in [5.41, 5.74) is 1.71. The van der Waals surface area contributed by atoms with Crippen LogP contribution < -0.4 is 0 Å². The van der Waals surface area contributed by atoms with E-state index in [-0.39, 0.29) is 0 Å². The molecule has 0 bridgehead atoms. The Labute approximate surface area is 88.9 Å². The minimum atomic E-state index is 0.723. The molecule has 0 saturated carbocycles. The first kappa shape index (κ1) is 9.71. The molecule has 2 heteroatoms. The first-order chi connectivity index (χ1) is 7.35. The van der Waals surface area contributed by atoms with E-state index in [2.05, 4.69) is 17.3 Å². The van der Waals surface area contributed by atoms with Gasteiger partial charge in [-0.1, -0.05) is 48.5 Å². The van der Waals surface area contributed by atoms with E-state index in [1.54, 1.807) is 0 Å². The fourth-order valence-electron chi connectivity index (χ4n) is 1.70. The van der Waals surface area contributed by atoms with Gasteiger partial charge < -0.3 is 5.21 Å². The average molecular weight is 199 g/mol. The Balaban J connectivity index is 2.56. The molecule has 2 aromatic carbocycles. The molecule has 0 aromatic heterocycles. The third-order valence-electron chi connectivity index (χ3n) is 2.54. The van der Waals surface area contributed by atoms with Crippen LogP contribution in [0.3, 0.4) is 0 Å². The molecule has 0 heterocycles. The predicted octanol–water partition coefficient (Wildman–Crippen LogP) is 3.43. The van der Waals surface area contributed by atoms with E-state index in [0.29, 0.717) is 0 Å². The van der Waals surface area contributed by atoms with Crippen LogP contribution in [0.2, 0.25) is 0 Å². The average Bonchev–Trinajstić information content (AvgIpc) is 2.30. The van der Waals surface area contributed by atoms with E-state index in [1.165, 1.54) is 10.8 Å². The summed E-state index contributed by atoms with van der Waals surface area (Å²) in [5.74, 6) is 0. The van der Waals surface area contributed by atoms with Crippen molar-refractivity contribution in [3.8, 4) is 0 Å². The summed E-state index contributed by atoms with van der Waals surface area (Å²) in [6.07, 6.45) is 0.731. The van der Waals surface area contributed by atoms with Crippen molar-refractivity contribution < 1.29 is 5.21 Å². The first-order valence-corrected chi connectivity index (χ1v) is 5.05. The van der Waals surface area contributed by atoms with Crippen molar-refractivity contribution in [2.75, 3.05) is 0 Å². The number of hydrogen-bond acceptors (Lipinski definition) is 2. The SMILES string of the molecule is CCC(=NO)c1ccc2ccccc2c1. The molecule has 0 aliphatic carbocycles. The van der Waals surface area contributed by atoms with E-state index < -0.39 is 0 Å². The highest BCUT2D eigenvalue weighted by molar-refractivity contribution is 6.02. The Morgan fingerprint density at radius 3 is 2.53 bits per heavy atom. The van der Waals surface area contributed by atoms with Gasteiger partial charge in [-0.25, -0.2) is 0 Å². The van der Waals surface area contributed by atoms with Gasteiger partial charge >= 0.3 is 0 Å². The van der Waals surface area contributed by atoms with Gasteiger partial charge in [-0.05, 0) is 28.8 Å². The quantitative estimate of drug-likeness (QED) is 0.448. The lowest BCUT2D eigenvalue weighted by atomic mass is 10.0. The van der Waals surface area contributed by atoms with E-state index in [1.807, 2.05) is 37.3 Å². The largest absolute Gasteiger partial charge is 0.411 e. The second-order valence-electron chi connectivity index (χ2n) is 3.46. The summed E-state index contributed by atoms with van der Waals surface area (Å²) in [4.78, 5) is 0. The molecule has 0 spiro atoms. The number of oxime groups is 1. The molecule has 0 amide bonds. The van der Waals surface area contributed by atoms with Gasteiger partial charge in [0.1, 0.15) is 0 Å². The van der Waals surface area contributed by atoms with Crippen LogP contribution in [0.5, 0.6) is 0 Å². The predicted molar refractivity (Wildman–Crippen MR) is 62.6 cm³/mol. The fraction of sp³-hybridized carbons (Fsp3) is 0.154. The molecule has 15 heavy (non-hydrogen) atoms. The molecular weight excluding hydrogens is 186 g/mol. The van der Waals surface area contributed by atoms with Gasteiger partial charge in [0.15, 0.2) is 0 Å². The summed E-state index contributed by atoms with van der Waals surface area (Å²) in [5, 5.41) is 14.5. The number of nitrogens with zero attached hydrogens (tertiary/aromatic N) is 1.